The Kier molecular flexibility index (Phi) is 63.4. The van der Waals surface area contributed by atoms with Crippen LogP contribution in [0.5, 0.6) is 0 Å². The van der Waals surface area contributed by atoms with E-state index in [4.69, 9.17) is 28.0 Å². The standard InChI is InChI=1S/2C2H8N2.C2H9NO7P2.2ClH.H2O.O.2Pt/c2*3-1-2-4;3-1-2(4,11(5,6)7)12(8,9)10;;;;;;/h2*1-4H2;4H,1,3H2,(H2,5,6,7)(H2,8,9,10);2*1H;1H2;;;/q;;;;;;-2;;+4/p-5. The van der Waals surface area contributed by atoms with Gasteiger partial charge in [0.05, 0.1) is 0 Å². The topological polar surface area (TPSA) is 338 Å². The van der Waals surface area contributed by atoms with Crippen molar-refractivity contribution in [1.82, 2.24) is 0 Å². The van der Waals surface area contributed by atoms with Crippen LogP contribution in [-0.4, -0.2) is 48.4 Å². The van der Waals surface area contributed by atoms with Gasteiger partial charge in [-0.3, -0.25) is 0 Å². The molecule has 20 heteroatoms. The monoisotopic (exact) mass is 832 g/mol. The van der Waals surface area contributed by atoms with Gasteiger partial charge in [-0.05, 0) is 15.2 Å². The van der Waals surface area contributed by atoms with E-state index in [0.29, 0.717) is 26.2 Å². The number of quaternary nitrogens is 1. The van der Waals surface area contributed by atoms with E-state index < -0.39 is 26.8 Å². The van der Waals surface area contributed by atoms with Crippen LogP contribution >= 0.6 is 15.2 Å². The van der Waals surface area contributed by atoms with Gasteiger partial charge >= 0.3 is 21.1 Å². The third kappa shape index (κ3) is 25.9. The van der Waals surface area contributed by atoms with Crippen LogP contribution in [-0.2, 0) is 56.7 Å². The summed E-state index contributed by atoms with van der Waals surface area (Å²) in [4.78, 5) is 40.6. The van der Waals surface area contributed by atoms with Gasteiger partial charge in [0.15, 0.2) is 5.08 Å². The first-order valence-corrected chi connectivity index (χ1v) is 8.34. The second-order valence-corrected chi connectivity index (χ2v) is 7.00. The molecule has 0 atom stereocenters. The minimum absolute atomic E-state index is 0. The van der Waals surface area contributed by atoms with Crippen LogP contribution < -0.4 is 73.1 Å². The fourth-order valence-corrected chi connectivity index (χ4v) is 2.17. The van der Waals surface area contributed by atoms with Gasteiger partial charge in [0.25, 0.3) is 0 Å². The maximum Gasteiger partial charge on any atom is 4.00 e. The van der Waals surface area contributed by atoms with Crippen molar-refractivity contribution in [3.05, 3.63) is 0 Å². The molecule has 0 aliphatic carbocycles. The van der Waals surface area contributed by atoms with Gasteiger partial charge in [0, 0.05) is 47.2 Å². The summed E-state index contributed by atoms with van der Waals surface area (Å²) in [7, 11) is -11.8. The molecular weight excluding hydrogens is 809 g/mol. The van der Waals surface area contributed by atoms with Gasteiger partial charge in [-0.1, -0.05) is 0 Å². The largest absolute Gasteiger partial charge is 4.00 e. The number of aliphatic hydroxyl groups is 1. The molecule has 0 aliphatic rings. The maximum atomic E-state index is 10.1. The Morgan fingerprint density at radius 2 is 1.00 bits per heavy atom. The summed E-state index contributed by atoms with van der Waals surface area (Å²) in [5.74, 6) is 0. The SMILES string of the molecule is NCCN.NCCN.O.[Cl-].[Cl-].[NH3+]CC(O)(P(=O)([O-])[O-])P(=O)([O-])[O-].[O-2].[Pt+4].[Pt]. The van der Waals surface area contributed by atoms with Crippen molar-refractivity contribution in [3.63, 3.8) is 0 Å². The normalized spacial score (nSPS) is 9.15. The average molecular weight is 833 g/mol. The van der Waals surface area contributed by atoms with Crippen molar-refractivity contribution in [1.29, 1.82) is 0 Å². The van der Waals surface area contributed by atoms with E-state index in [2.05, 4.69) is 5.73 Å². The van der Waals surface area contributed by atoms with Crippen LogP contribution in [0.25, 0.3) is 0 Å². The Bertz CT molecular complexity index is 312. The molecule has 0 saturated heterocycles. The fraction of sp³-hybridized carbons (Fsp3) is 1.00. The summed E-state index contributed by atoms with van der Waals surface area (Å²) in [5, 5.41) is 4.85. The predicted octanol–water partition coefficient (Wildman–Crippen LogP) is -14.4. The first-order chi connectivity index (χ1) is 8.89. The molecule has 0 amide bonds. The van der Waals surface area contributed by atoms with Crippen molar-refractivity contribution in [2.24, 2.45) is 22.9 Å². The molecule has 0 radical (unpaired) electrons. The van der Waals surface area contributed by atoms with E-state index in [1.165, 1.54) is 0 Å². The molecule has 0 fully saturated rings. The van der Waals surface area contributed by atoms with E-state index in [1.807, 2.05) is 0 Å². The Labute approximate surface area is 192 Å². The smallest absolute Gasteiger partial charge is 2.00 e. The van der Waals surface area contributed by atoms with Crippen LogP contribution in [0.2, 0.25) is 0 Å². The molecule has 14 nitrogen and oxygen atoms in total. The molecule has 0 aliphatic heterocycles. The fourth-order valence-electron chi connectivity index (χ4n) is 0.424. The van der Waals surface area contributed by atoms with E-state index in [1.54, 1.807) is 0 Å². The van der Waals surface area contributed by atoms with Gasteiger partial charge < -0.3 is 98.2 Å². The molecule has 0 aromatic carbocycles. The molecule has 0 rings (SSSR count). The number of halogens is 2. The van der Waals surface area contributed by atoms with Crippen molar-refractivity contribution in [3.8, 4) is 0 Å². The van der Waals surface area contributed by atoms with Gasteiger partial charge in [-0.25, -0.2) is 0 Å². The van der Waals surface area contributed by atoms with Gasteiger partial charge in [0.2, 0.25) is 0 Å². The Morgan fingerprint density at radius 3 is 1.00 bits per heavy atom. The molecule has 0 aromatic rings. The van der Waals surface area contributed by atoms with Crippen molar-refractivity contribution >= 4 is 15.2 Å². The summed E-state index contributed by atoms with van der Waals surface area (Å²) in [5.41, 5.74) is 22.3. The third-order valence-corrected chi connectivity index (χ3v) is 5.22. The van der Waals surface area contributed by atoms with Gasteiger partial charge in [-0.15, -0.1) is 0 Å². The molecule has 0 heterocycles. The minimum atomic E-state index is -5.90. The van der Waals surface area contributed by atoms with Crippen molar-refractivity contribution in [2.75, 3.05) is 32.7 Å². The number of nitrogens with two attached hydrogens (primary N) is 4. The van der Waals surface area contributed by atoms with E-state index >= 15 is 0 Å². The van der Waals surface area contributed by atoms with Crippen LogP contribution in [0, 0.1) is 0 Å². The molecule has 0 spiro atoms. The zero-order valence-corrected chi connectivity index (χ0v) is 21.0. The first kappa shape index (κ1) is 56.5. The first-order valence-electron chi connectivity index (χ1n) is 5.25. The second kappa shape index (κ2) is 29.1. The third-order valence-electron chi connectivity index (χ3n) is 1.55. The predicted molar refractivity (Wildman–Crippen MR) is 68.4 cm³/mol. The number of rotatable bonds is 5. The Hall–Kier alpha value is 1.94. The molecule has 0 bridgehead atoms. The average Bonchev–Trinajstić information content (AvgIpc) is 2.35. The second-order valence-electron chi connectivity index (χ2n) is 3.17. The maximum absolute atomic E-state index is 10.1. The number of hydrogen-bond acceptors (Lipinski definition) is 11. The van der Waals surface area contributed by atoms with E-state index in [9.17, 15) is 28.7 Å². The Morgan fingerprint density at radius 1 is 0.846 bits per heavy atom. The molecular formula is C6H24Cl2N5O9P2Pt2-3. The van der Waals surface area contributed by atoms with E-state index in [-0.39, 0.29) is 77.9 Å². The van der Waals surface area contributed by atoms with Gasteiger partial charge in [-0.2, -0.15) is 0 Å². The van der Waals surface area contributed by atoms with Gasteiger partial charge in [0.1, 0.15) is 6.54 Å². The quantitative estimate of drug-likeness (QED) is 0.141. The van der Waals surface area contributed by atoms with Crippen molar-refractivity contribution in [2.45, 2.75) is 5.08 Å². The van der Waals surface area contributed by atoms with Crippen LogP contribution in [0.1, 0.15) is 0 Å². The summed E-state index contributed by atoms with van der Waals surface area (Å²) in [6, 6.07) is 0. The molecule has 26 heavy (non-hydrogen) atoms. The summed E-state index contributed by atoms with van der Waals surface area (Å²) in [6.07, 6.45) is 0. The van der Waals surface area contributed by atoms with Crippen LogP contribution in [0.3, 0.4) is 0 Å². The van der Waals surface area contributed by atoms with Crippen LogP contribution in [0.4, 0.5) is 0 Å². The zero-order chi connectivity index (χ0) is 17.0. The van der Waals surface area contributed by atoms with Crippen molar-refractivity contribution < 1.29 is 117 Å². The summed E-state index contributed by atoms with van der Waals surface area (Å²) in [6.45, 7) is 1.17. The summed E-state index contributed by atoms with van der Waals surface area (Å²) >= 11 is 0. The molecule has 174 valence electrons. The Balaban J connectivity index is -0.0000000257. The zero-order valence-electron chi connectivity index (χ0n) is 13.1. The molecule has 0 saturated carbocycles. The minimum Gasteiger partial charge on any atom is -2.00 e. The van der Waals surface area contributed by atoms with Crippen LogP contribution in [0.15, 0.2) is 0 Å². The summed E-state index contributed by atoms with van der Waals surface area (Å²) < 4.78 is 20.3. The molecule has 14 N–H and O–H groups in total. The van der Waals surface area contributed by atoms with E-state index in [0.717, 1.165) is 0 Å². The molecule has 0 aromatic heterocycles. The number of hydrogen-bond donors (Lipinski definition) is 6. The molecule has 0 unspecified atom stereocenters.